The summed E-state index contributed by atoms with van der Waals surface area (Å²) in [5, 5.41) is 0. The van der Waals surface area contributed by atoms with Gasteiger partial charge in [-0.3, -0.25) is 4.79 Å². The van der Waals surface area contributed by atoms with Crippen LogP contribution in [-0.4, -0.2) is 60.8 Å². The zero-order valence-electron chi connectivity index (χ0n) is 17.2. The van der Waals surface area contributed by atoms with Gasteiger partial charge in [-0.25, -0.2) is 9.97 Å². The third-order valence-corrected chi connectivity index (χ3v) is 4.97. The molecule has 0 aliphatic carbocycles. The van der Waals surface area contributed by atoms with Crippen molar-refractivity contribution < 1.29 is 19.0 Å². The number of ether oxygens (including phenoxy) is 3. The van der Waals surface area contributed by atoms with Crippen LogP contribution in [0.1, 0.15) is 35.8 Å². The standard InChI is InChI=1S/C22H29N3O4/c1-17-23-13-19(15-28-12-11-27-2)22(24-17)18-7-6-10-25(14-18)21(26)16-29-20-8-4-3-5-9-20/h3-5,8-9,13,18H,6-7,10-12,14-16H2,1-2H3. The van der Waals surface area contributed by atoms with E-state index in [0.717, 1.165) is 36.5 Å². The Bertz CT molecular complexity index is 785. The number of nitrogens with zero attached hydrogens (tertiary/aromatic N) is 3. The van der Waals surface area contributed by atoms with E-state index in [1.165, 1.54) is 0 Å². The van der Waals surface area contributed by atoms with Gasteiger partial charge in [0.05, 0.1) is 25.5 Å². The predicted octanol–water partition coefficient (Wildman–Crippen LogP) is 2.73. The molecule has 1 aromatic carbocycles. The second-order valence-electron chi connectivity index (χ2n) is 7.15. The van der Waals surface area contributed by atoms with Crippen molar-refractivity contribution in [3.8, 4) is 5.75 Å². The van der Waals surface area contributed by atoms with Gasteiger partial charge in [0.1, 0.15) is 11.6 Å². The number of amides is 1. The van der Waals surface area contributed by atoms with E-state index < -0.39 is 0 Å². The first-order valence-corrected chi connectivity index (χ1v) is 10.0. The minimum atomic E-state index is 0.00206. The summed E-state index contributed by atoms with van der Waals surface area (Å²) in [5.41, 5.74) is 1.96. The second kappa shape index (κ2) is 10.9. The molecule has 1 fully saturated rings. The summed E-state index contributed by atoms with van der Waals surface area (Å²) in [6.45, 7) is 4.84. The average Bonchev–Trinajstić information content (AvgIpc) is 2.76. The number of carbonyl (C=O) groups excluding carboxylic acids is 1. The van der Waals surface area contributed by atoms with Crippen LogP contribution >= 0.6 is 0 Å². The molecule has 1 aromatic heterocycles. The minimum absolute atomic E-state index is 0.00206. The third-order valence-electron chi connectivity index (χ3n) is 4.97. The Morgan fingerprint density at radius 2 is 2.07 bits per heavy atom. The van der Waals surface area contributed by atoms with E-state index in [2.05, 4.69) is 4.98 Å². The van der Waals surface area contributed by atoms with Crippen LogP contribution in [0.4, 0.5) is 0 Å². The number of carbonyl (C=O) groups is 1. The van der Waals surface area contributed by atoms with Crippen molar-refractivity contribution in [1.82, 2.24) is 14.9 Å². The smallest absolute Gasteiger partial charge is 0.260 e. The lowest BCUT2D eigenvalue weighted by molar-refractivity contribution is -0.134. The summed E-state index contributed by atoms with van der Waals surface area (Å²) < 4.78 is 16.3. The second-order valence-corrected chi connectivity index (χ2v) is 7.15. The fraction of sp³-hybridized carbons (Fsp3) is 0.500. The Kier molecular flexibility index (Phi) is 7.95. The van der Waals surface area contributed by atoms with Crippen molar-refractivity contribution in [1.29, 1.82) is 0 Å². The van der Waals surface area contributed by atoms with Crippen LogP contribution < -0.4 is 4.74 Å². The summed E-state index contributed by atoms with van der Waals surface area (Å²) >= 11 is 0. The summed E-state index contributed by atoms with van der Waals surface area (Å²) in [6.07, 6.45) is 3.77. The molecule has 1 aliphatic rings. The molecule has 0 saturated carbocycles. The number of hydrogen-bond donors (Lipinski definition) is 0. The lowest BCUT2D eigenvalue weighted by atomic mass is 9.92. The van der Waals surface area contributed by atoms with Crippen molar-refractivity contribution in [2.24, 2.45) is 0 Å². The summed E-state index contributed by atoms with van der Waals surface area (Å²) in [4.78, 5) is 23.6. The number of likely N-dealkylation sites (tertiary alicyclic amines) is 1. The molecule has 0 radical (unpaired) electrons. The maximum Gasteiger partial charge on any atom is 0.260 e. The first-order valence-electron chi connectivity index (χ1n) is 10.0. The van der Waals surface area contributed by atoms with Gasteiger partial charge in [-0.15, -0.1) is 0 Å². The highest BCUT2D eigenvalue weighted by Crippen LogP contribution is 2.28. The van der Waals surface area contributed by atoms with Crippen LogP contribution in [0.15, 0.2) is 36.5 Å². The van der Waals surface area contributed by atoms with Gasteiger partial charge in [0.2, 0.25) is 0 Å². The van der Waals surface area contributed by atoms with Crippen LogP contribution in [-0.2, 0) is 20.9 Å². The van der Waals surface area contributed by atoms with E-state index in [1.54, 1.807) is 7.11 Å². The van der Waals surface area contributed by atoms with E-state index in [9.17, 15) is 4.79 Å². The summed E-state index contributed by atoms with van der Waals surface area (Å²) in [5.74, 6) is 1.61. The van der Waals surface area contributed by atoms with Crippen LogP contribution in [0.2, 0.25) is 0 Å². The molecule has 0 N–H and O–H groups in total. The monoisotopic (exact) mass is 399 g/mol. The molecule has 7 heteroatoms. The zero-order chi connectivity index (χ0) is 20.5. The Labute approximate surface area is 172 Å². The lowest BCUT2D eigenvalue weighted by Crippen LogP contribution is -2.42. The zero-order valence-corrected chi connectivity index (χ0v) is 17.2. The molecule has 2 heterocycles. The Balaban J connectivity index is 1.62. The van der Waals surface area contributed by atoms with Crippen LogP contribution in [0.3, 0.4) is 0 Å². The molecule has 1 saturated heterocycles. The molecule has 2 aromatic rings. The number of aromatic nitrogens is 2. The van der Waals surface area contributed by atoms with E-state index in [0.29, 0.717) is 32.1 Å². The Hall–Kier alpha value is -2.51. The molecule has 1 atom stereocenters. The maximum atomic E-state index is 12.7. The van der Waals surface area contributed by atoms with Gasteiger partial charge in [-0.05, 0) is 31.9 Å². The molecular weight excluding hydrogens is 370 g/mol. The number of aryl methyl sites for hydroxylation is 1. The SMILES string of the molecule is COCCOCc1cnc(C)nc1C1CCCN(C(=O)COc2ccccc2)C1. The molecule has 7 nitrogen and oxygen atoms in total. The van der Waals surface area contributed by atoms with Gasteiger partial charge < -0.3 is 19.1 Å². The first-order chi connectivity index (χ1) is 14.2. The molecule has 1 aliphatic heterocycles. The van der Waals surface area contributed by atoms with E-state index in [1.807, 2.05) is 48.4 Å². The van der Waals surface area contributed by atoms with Crippen LogP contribution in [0.5, 0.6) is 5.75 Å². The van der Waals surface area contributed by atoms with Gasteiger partial charge in [-0.1, -0.05) is 18.2 Å². The number of para-hydroxylation sites is 1. The summed E-state index contributed by atoms with van der Waals surface area (Å²) in [6, 6.07) is 9.41. The number of hydrogen-bond acceptors (Lipinski definition) is 6. The fourth-order valence-electron chi connectivity index (χ4n) is 3.48. The maximum absolute atomic E-state index is 12.7. The van der Waals surface area contributed by atoms with Crippen molar-refractivity contribution in [2.75, 3.05) is 40.0 Å². The van der Waals surface area contributed by atoms with E-state index in [4.69, 9.17) is 19.2 Å². The molecule has 3 rings (SSSR count). The largest absolute Gasteiger partial charge is 0.484 e. The molecule has 0 bridgehead atoms. The third kappa shape index (κ3) is 6.24. The Morgan fingerprint density at radius 1 is 1.24 bits per heavy atom. The molecule has 1 unspecified atom stereocenters. The highest BCUT2D eigenvalue weighted by molar-refractivity contribution is 5.78. The molecule has 1 amide bonds. The van der Waals surface area contributed by atoms with Gasteiger partial charge in [-0.2, -0.15) is 0 Å². The molecule has 29 heavy (non-hydrogen) atoms. The van der Waals surface area contributed by atoms with Crippen molar-refractivity contribution >= 4 is 5.91 Å². The summed E-state index contributed by atoms with van der Waals surface area (Å²) in [7, 11) is 1.65. The fourth-order valence-corrected chi connectivity index (χ4v) is 3.48. The minimum Gasteiger partial charge on any atom is -0.484 e. The lowest BCUT2D eigenvalue weighted by Gasteiger charge is -2.33. The van der Waals surface area contributed by atoms with Crippen molar-refractivity contribution in [2.45, 2.75) is 32.3 Å². The number of rotatable bonds is 9. The van der Waals surface area contributed by atoms with E-state index >= 15 is 0 Å². The topological polar surface area (TPSA) is 73.8 Å². The average molecular weight is 399 g/mol. The van der Waals surface area contributed by atoms with Gasteiger partial charge >= 0.3 is 0 Å². The predicted molar refractivity (Wildman–Crippen MR) is 109 cm³/mol. The van der Waals surface area contributed by atoms with Gasteiger partial charge in [0, 0.05) is 37.9 Å². The molecule has 0 spiro atoms. The van der Waals surface area contributed by atoms with Gasteiger partial charge in [0.25, 0.3) is 5.91 Å². The van der Waals surface area contributed by atoms with Gasteiger partial charge in [0.15, 0.2) is 6.61 Å². The highest BCUT2D eigenvalue weighted by Gasteiger charge is 2.27. The number of methoxy groups -OCH3 is 1. The number of piperidine rings is 1. The normalized spacial score (nSPS) is 16.6. The Morgan fingerprint density at radius 3 is 2.86 bits per heavy atom. The quantitative estimate of drug-likeness (QED) is 0.604. The van der Waals surface area contributed by atoms with E-state index in [-0.39, 0.29) is 18.4 Å². The van der Waals surface area contributed by atoms with Crippen LogP contribution in [0.25, 0.3) is 0 Å². The first kappa shape index (κ1) is 21.2. The molecular formula is C22H29N3O4. The van der Waals surface area contributed by atoms with Crippen molar-refractivity contribution in [3.05, 3.63) is 53.6 Å². The van der Waals surface area contributed by atoms with Crippen molar-refractivity contribution in [3.63, 3.8) is 0 Å². The molecule has 156 valence electrons. The highest BCUT2D eigenvalue weighted by atomic mass is 16.5. The van der Waals surface area contributed by atoms with Crippen LogP contribution in [0, 0.1) is 6.92 Å². The number of benzene rings is 1.